The molecule has 0 saturated carbocycles. The average Bonchev–Trinajstić information content (AvgIpc) is 2.88. The molecule has 0 aliphatic rings. The van der Waals surface area contributed by atoms with E-state index in [-0.39, 0.29) is 37.7 Å². The van der Waals surface area contributed by atoms with Crippen LogP contribution in [0.2, 0.25) is 0 Å². The summed E-state index contributed by atoms with van der Waals surface area (Å²) in [7, 11) is 0. The Bertz CT molecular complexity index is 962. The molecule has 0 aromatic rings. The fraction of sp³-hybridized carbons (Fsp3) is 0.708. The van der Waals surface area contributed by atoms with E-state index in [0.29, 0.717) is 6.42 Å². The number of nitrogens with two attached hydrogens (primary N) is 2. The molecule has 0 unspecified atom stereocenters. The standard InChI is InChI=1S/C24H44N8O10/c1-11(2)9-15(21(39)31-16(10-33)22(40)32-18(12(3)34)23(41)42)30-20(38)14(6-7-17(35)36)29-19(37)13(25)5-4-8-28-24(26)27/h11-16,18,33-34H,4-10,25H2,1-3H3,(H,29,37)(H,30,38)(H,31,39)(H,32,40)(H,35,36)(H,41,42)(H4,26,27,28)/t12-,13+,14+,15+,16+,18+/m1/s1. The quantitative estimate of drug-likeness (QED) is 0.0357. The Morgan fingerprint density at radius 3 is 1.81 bits per heavy atom. The zero-order valence-corrected chi connectivity index (χ0v) is 23.9. The molecule has 0 heterocycles. The summed E-state index contributed by atoms with van der Waals surface area (Å²) in [5, 5.41) is 56.2. The average molecular weight is 605 g/mol. The van der Waals surface area contributed by atoms with Crippen LogP contribution < -0.4 is 38.1 Å². The Morgan fingerprint density at radius 2 is 1.33 bits per heavy atom. The molecule has 0 spiro atoms. The van der Waals surface area contributed by atoms with Crippen molar-refractivity contribution in [2.24, 2.45) is 17.4 Å². The maximum atomic E-state index is 13.1. The van der Waals surface area contributed by atoms with Crippen molar-refractivity contribution in [3.63, 3.8) is 0 Å². The van der Waals surface area contributed by atoms with Gasteiger partial charge in [-0.1, -0.05) is 13.8 Å². The molecule has 0 fully saturated rings. The molecular formula is C24H44N8O10. The predicted molar refractivity (Wildman–Crippen MR) is 148 cm³/mol. The summed E-state index contributed by atoms with van der Waals surface area (Å²) in [6.07, 6.45) is -1.78. The van der Waals surface area contributed by atoms with Crippen LogP contribution >= 0.6 is 0 Å². The maximum absolute atomic E-state index is 13.1. The van der Waals surface area contributed by atoms with E-state index in [9.17, 15) is 39.0 Å². The summed E-state index contributed by atoms with van der Waals surface area (Å²) >= 11 is 0. The van der Waals surface area contributed by atoms with Crippen molar-refractivity contribution < 1.29 is 49.2 Å². The van der Waals surface area contributed by atoms with E-state index in [2.05, 4.69) is 21.3 Å². The molecule has 0 aromatic heterocycles. The lowest BCUT2D eigenvalue weighted by atomic mass is 10.0. The molecule has 42 heavy (non-hydrogen) atoms. The van der Waals surface area contributed by atoms with Gasteiger partial charge in [0.05, 0.1) is 18.8 Å². The van der Waals surface area contributed by atoms with Crippen molar-refractivity contribution in [1.82, 2.24) is 26.6 Å². The first-order chi connectivity index (χ1) is 19.5. The topological polar surface area (TPSA) is 319 Å². The van der Waals surface area contributed by atoms with Gasteiger partial charge in [0.25, 0.3) is 0 Å². The summed E-state index contributed by atoms with van der Waals surface area (Å²) in [6, 6.07) is -7.12. The molecule has 4 amide bonds. The van der Waals surface area contributed by atoms with E-state index in [0.717, 1.165) is 6.92 Å². The van der Waals surface area contributed by atoms with Crippen molar-refractivity contribution in [1.29, 1.82) is 5.41 Å². The number of amides is 4. The highest BCUT2D eigenvalue weighted by Gasteiger charge is 2.33. The molecular weight excluding hydrogens is 560 g/mol. The summed E-state index contributed by atoms with van der Waals surface area (Å²) in [5.74, 6) is -6.91. The second kappa shape index (κ2) is 19.2. The number of guanidine groups is 1. The van der Waals surface area contributed by atoms with Gasteiger partial charge in [-0.25, -0.2) is 4.79 Å². The fourth-order valence-corrected chi connectivity index (χ4v) is 3.58. The number of rotatable bonds is 20. The number of hydrogen-bond donors (Lipinski definition) is 12. The van der Waals surface area contributed by atoms with Gasteiger partial charge in [0, 0.05) is 13.0 Å². The van der Waals surface area contributed by atoms with E-state index in [4.69, 9.17) is 27.1 Å². The molecule has 240 valence electrons. The van der Waals surface area contributed by atoms with E-state index in [1.54, 1.807) is 13.8 Å². The highest BCUT2D eigenvalue weighted by atomic mass is 16.4. The highest BCUT2D eigenvalue weighted by molar-refractivity contribution is 5.95. The first kappa shape index (κ1) is 38.0. The number of hydrogen-bond acceptors (Lipinski definition) is 10. The molecule has 0 bridgehead atoms. The maximum Gasteiger partial charge on any atom is 0.328 e. The Kier molecular flexibility index (Phi) is 17.3. The van der Waals surface area contributed by atoms with Crippen LogP contribution in [-0.2, 0) is 28.8 Å². The number of aliphatic carboxylic acids is 2. The SMILES string of the molecule is CC(C)C[C@H](NC(=O)[C@H](CCC(=O)O)NC(=O)[C@@H](N)CCCNC(=N)N)C(=O)N[C@@H](CO)C(=O)N[C@H](C(=O)O)[C@@H](C)O. The van der Waals surface area contributed by atoms with Crippen molar-refractivity contribution in [3.05, 3.63) is 0 Å². The lowest BCUT2D eigenvalue weighted by molar-refractivity contribution is -0.145. The number of carboxylic acids is 2. The monoisotopic (exact) mass is 604 g/mol. The third kappa shape index (κ3) is 15.1. The third-order valence-electron chi connectivity index (χ3n) is 5.83. The number of aliphatic hydroxyl groups excluding tert-OH is 2. The van der Waals surface area contributed by atoms with Crippen molar-refractivity contribution >= 4 is 41.5 Å². The summed E-state index contributed by atoms with van der Waals surface area (Å²) in [5.41, 5.74) is 11.1. The van der Waals surface area contributed by atoms with E-state index < -0.39 is 84.9 Å². The largest absolute Gasteiger partial charge is 0.481 e. The van der Waals surface area contributed by atoms with Gasteiger partial charge in [0.2, 0.25) is 23.6 Å². The van der Waals surface area contributed by atoms with Crippen molar-refractivity contribution in [3.8, 4) is 0 Å². The molecule has 0 aromatic carbocycles. The van der Waals surface area contributed by atoms with Gasteiger partial charge in [-0.15, -0.1) is 0 Å². The van der Waals surface area contributed by atoms with Crippen LogP contribution in [-0.4, -0.2) is 111 Å². The van der Waals surface area contributed by atoms with Crippen LogP contribution in [0.5, 0.6) is 0 Å². The molecule has 0 saturated heterocycles. The molecule has 0 rings (SSSR count). The second-order valence-corrected chi connectivity index (χ2v) is 10.1. The predicted octanol–water partition coefficient (Wildman–Crippen LogP) is -4.12. The molecule has 14 N–H and O–H groups in total. The summed E-state index contributed by atoms with van der Waals surface area (Å²) in [6.45, 7) is 3.91. The fourth-order valence-electron chi connectivity index (χ4n) is 3.58. The number of carbonyl (C=O) groups excluding carboxylic acids is 4. The summed E-state index contributed by atoms with van der Waals surface area (Å²) < 4.78 is 0. The molecule has 6 atom stereocenters. The van der Waals surface area contributed by atoms with E-state index >= 15 is 0 Å². The number of carboxylic acid groups (broad SMARTS) is 2. The van der Waals surface area contributed by atoms with E-state index in [1.807, 2.05) is 5.32 Å². The number of aliphatic hydroxyl groups is 2. The smallest absolute Gasteiger partial charge is 0.328 e. The van der Waals surface area contributed by atoms with Crippen LogP contribution in [0.15, 0.2) is 0 Å². The highest BCUT2D eigenvalue weighted by Crippen LogP contribution is 2.08. The Balaban J connectivity index is 5.62. The summed E-state index contributed by atoms with van der Waals surface area (Å²) in [4.78, 5) is 73.7. The zero-order chi connectivity index (χ0) is 32.6. The van der Waals surface area contributed by atoms with Gasteiger partial charge in [0.1, 0.15) is 18.1 Å². The minimum atomic E-state index is -1.72. The normalized spacial score (nSPS) is 15.2. The minimum Gasteiger partial charge on any atom is -0.481 e. The number of carbonyl (C=O) groups is 6. The second-order valence-electron chi connectivity index (χ2n) is 10.1. The van der Waals surface area contributed by atoms with Gasteiger partial charge in [0.15, 0.2) is 12.0 Å². The third-order valence-corrected chi connectivity index (χ3v) is 5.83. The molecule has 0 radical (unpaired) electrons. The molecule has 0 aliphatic carbocycles. The first-order valence-electron chi connectivity index (χ1n) is 13.3. The van der Waals surface area contributed by atoms with Gasteiger partial charge < -0.3 is 58.5 Å². The lowest BCUT2D eigenvalue weighted by Gasteiger charge is -2.27. The number of nitrogens with one attached hydrogen (secondary N) is 6. The lowest BCUT2D eigenvalue weighted by Crippen LogP contribution is -2.60. The van der Waals surface area contributed by atoms with Crippen LogP contribution in [0.3, 0.4) is 0 Å². The Labute approximate surface area is 242 Å². The Hall–Kier alpha value is -4.03. The first-order valence-corrected chi connectivity index (χ1v) is 13.3. The minimum absolute atomic E-state index is 0.0328. The van der Waals surface area contributed by atoms with Crippen molar-refractivity contribution in [2.75, 3.05) is 13.2 Å². The molecule has 18 heteroatoms. The van der Waals surface area contributed by atoms with Gasteiger partial charge in [-0.2, -0.15) is 0 Å². The van der Waals surface area contributed by atoms with Crippen LogP contribution in [0.25, 0.3) is 0 Å². The Morgan fingerprint density at radius 1 is 0.810 bits per heavy atom. The van der Waals surface area contributed by atoms with E-state index in [1.165, 1.54) is 0 Å². The molecule has 0 aliphatic heterocycles. The van der Waals surface area contributed by atoms with Crippen LogP contribution in [0.4, 0.5) is 0 Å². The van der Waals surface area contributed by atoms with Gasteiger partial charge in [-0.05, 0) is 38.5 Å². The molecule has 18 nitrogen and oxygen atoms in total. The van der Waals surface area contributed by atoms with Gasteiger partial charge in [-0.3, -0.25) is 29.4 Å². The van der Waals surface area contributed by atoms with Crippen LogP contribution in [0, 0.1) is 11.3 Å². The van der Waals surface area contributed by atoms with Gasteiger partial charge >= 0.3 is 11.9 Å². The van der Waals surface area contributed by atoms with Crippen LogP contribution in [0.1, 0.15) is 52.9 Å². The zero-order valence-electron chi connectivity index (χ0n) is 23.9. The van der Waals surface area contributed by atoms with Crippen molar-refractivity contribution in [2.45, 2.75) is 89.2 Å².